The van der Waals surface area contributed by atoms with Crippen LogP contribution in [0.25, 0.3) is 22.3 Å². The molecule has 1 atom stereocenters. The standard InChI is InChI=1S/C34H32F2N4O5/c1-34(21-6-4-5-20(15-21)8-11-30(41)42)19-39-33(43)44-14-3-2-7-24-23-12-13-37-28(23)17-27(36)31(24)45-22-9-10-26(35)25(16-22)32-38-18-29(34)40-32/h4-6,9-10,12-13,15-18,37H,2-3,7-8,11,14,19H2,1H3,(H,38,40)(H,39,43)(H,41,42). The number of benzene rings is 3. The third kappa shape index (κ3) is 6.24. The van der Waals surface area contributed by atoms with Gasteiger partial charge >= 0.3 is 12.1 Å². The number of imidazole rings is 1. The highest BCUT2D eigenvalue weighted by Crippen LogP contribution is 2.38. The zero-order valence-electron chi connectivity index (χ0n) is 24.6. The number of halogens is 2. The van der Waals surface area contributed by atoms with E-state index in [2.05, 4.69) is 20.3 Å². The van der Waals surface area contributed by atoms with E-state index in [4.69, 9.17) is 14.6 Å². The predicted octanol–water partition coefficient (Wildman–Crippen LogP) is 7.01. The molecule has 0 spiro atoms. The zero-order chi connectivity index (χ0) is 31.6. The largest absolute Gasteiger partial charge is 0.481 e. The van der Waals surface area contributed by atoms with E-state index in [1.54, 1.807) is 12.4 Å². The molecule has 0 saturated heterocycles. The van der Waals surface area contributed by atoms with Crippen LogP contribution in [0.1, 0.15) is 48.6 Å². The van der Waals surface area contributed by atoms with Crippen LogP contribution in [-0.2, 0) is 27.8 Å². The third-order valence-corrected chi connectivity index (χ3v) is 8.28. The van der Waals surface area contributed by atoms with E-state index in [1.807, 2.05) is 37.3 Å². The first-order valence-corrected chi connectivity index (χ1v) is 14.7. The molecule has 11 heteroatoms. The van der Waals surface area contributed by atoms with Gasteiger partial charge in [0.2, 0.25) is 0 Å². The molecule has 3 aromatic carbocycles. The Morgan fingerprint density at radius 1 is 1.09 bits per heavy atom. The zero-order valence-corrected chi connectivity index (χ0v) is 24.6. The van der Waals surface area contributed by atoms with Gasteiger partial charge in [0.25, 0.3) is 0 Å². The SMILES string of the molecule is CC1(c2cccc(CCC(=O)O)c2)CNC(=O)OCCCCc2c(c(F)cc3[nH]ccc23)Oc2ccc(F)c(c2)-c2ncc1[nH]2. The van der Waals surface area contributed by atoms with Crippen LogP contribution in [0.3, 0.4) is 0 Å². The van der Waals surface area contributed by atoms with Crippen molar-refractivity contribution in [1.82, 2.24) is 20.3 Å². The van der Waals surface area contributed by atoms with Crippen LogP contribution >= 0.6 is 0 Å². The van der Waals surface area contributed by atoms with Gasteiger partial charge < -0.3 is 29.9 Å². The van der Waals surface area contributed by atoms with E-state index in [0.717, 1.165) is 16.5 Å². The van der Waals surface area contributed by atoms with Crippen molar-refractivity contribution >= 4 is 23.0 Å². The molecule has 45 heavy (non-hydrogen) atoms. The lowest BCUT2D eigenvalue weighted by molar-refractivity contribution is -0.136. The summed E-state index contributed by atoms with van der Waals surface area (Å²) in [6.45, 7) is 2.17. The number of H-pyrrole nitrogens is 2. The lowest BCUT2D eigenvalue weighted by Gasteiger charge is -2.30. The number of rotatable bonds is 4. The second-order valence-electron chi connectivity index (χ2n) is 11.4. The fourth-order valence-corrected chi connectivity index (χ4v) is 5.73. The molecule has 9 nitrogen and oxygen atoms in total. The van der Waals surface area contributed by atoms with Crippen LogP contribution in [0, 0.1) is 11.6 Å². The number of alkyl carbamates (subject to hydrolysis) is 1. The molecular weight excluding hydrogens is 582 g/mol. The molecular formula is C34H32F2N4O5. The second kappa shape index (κ2) is 12.4. The maximum Gasteiger partial charge on any atom is 0.407 e. The number of fused-ring (bicyclic) bond motifs is 8. The van der Waals surface area contributed by atoms with E-state index < -0.39 is 29.1 Å². The Labute approximate surface area is 257 Å². The minimum Gasteiger partial charge on any atom is -0.481 e. The van der Waals surface area contributed by atoms with E-state index in [-0.39, 0.29) is 42.5 Å². The number of hydrogen-bond donors (Lipinski definition) is 4. The van der Waals surface area contributed by atoms with Gasteiger partial charge in [-0.2, -0.15) is 0 Å². The highest BCUT2D eigenvalue weighted by Gasteiger charge is 2.33. The molecule has 6 rings (SSSR count). The molecule has 1 aliphatic heterocycles. The molecule has 232 valence electrons. The molecule has 0 aliphatic carbocycles. The minimum atomic E-state index is -0.900. The lowest BCUT2D eigenvalue weighted by Crippen LogP contribution is -2.40. The van der Waals surface area contributed by atoms with Gasteiger partial charge in [-0.15, -0.1) is 0 Å². The number of cyclic esters (lactones) is 1. The van der Waals surface area contributed by atoms with Crippen molar-refractivity contribution in [3.63, 3.8) is 0 Å². The van der Waals surface area contributed by atoms with E-state index >= 15 is 8.78 Å². The Balaban J connectivity index is 1.42. The summed E-state index contributed by atoms with van der Waals surface area (Å²) in [6.07, 6.45) is 4.59. The van der Waals surface area contributed by atoms with Crippen molar-refractivity contribution in [2.45, 2.75) is 44.4 Å². The Hall–Kier alpha value is -5.19. The van der Waals surface area contributed by atoms with Crippen LogP contribution < -0.4 is 10.1 Å². The molecule has 2 aromatic heterocycles. The Bertz CT molecular complexity index is 1880. The molecule has 1 unspecified atom stereocenters. The number of carbonyl (C=O) groups is 2. The average molecular weight is 615 g/mol. The third-order valence-electron chi connectivity index (χ3n) is 8.28. The number of nitrogens with one attached hydrogen (secondary N) is 3. The summed E-state index contributed by atoms with van der Waals surface area (Å²) in [5, 5.41) is 12.8. The summed E-state index contributed by atoms with van der Waals surface area (Å²) in [5.74, 6) is -1.51. The highest BCUT2D eigenvalue weighted by molar-refractivity contribution is 5.85. The van der Waals surface area contributed by atoms with Gasteiger partial charge in [-0.25, -0.2) is 18.6 Å². The lowest BCUT2D eigenvalue weighted by atomic mass is 9.79. The van der Waals surface area contributed by atoms with Gasteiger partial charge in [-0.1, -0.05) is 24.3 Å². The van der Waals surface area contributed by atoms with Crippen LogP contribution in [0.15, 0.2) is 67.0 Å². The number of amides is 1. The summed E-state index contributed by atoms with van der Waals surface area (Å²) in [5.41, 5.74) is 2.70. The summed E-state index contributed by atoms with van der Waals surface area (Å²) >= 11 is 0. The first kappa shape index (κ1) is 29.9. The van der Waals surface area contributed by atoms with Crippen molar-refractivity contribution < 1.29 is 33.0 Å². The molecule has 1 aliphatic rings. The smallest absolute Gasteiger partial charge is 0.407 e. The molecule has 5 aromatic rings. The molecule has 4 N–H and O–H groups in total. The van der Waals surface area contributed by atoms with Gasteiger partial charge in [0.05, 0.1) is 17.6 Å². The average Bonchev–Trinajstić information content (AvgIpc) is 3.71. The minimum absolute atomic E-state index is 0.0267. The second-order valence-corrected chi connectivity index (χ2v) is 11.4. The quantitative estimate of drug-likeness (QED) is 0.172. The van der Waals surface area contributed by atoms with Crippen LogP contribution in [0.4, 0.5) is 13.6 Å². The first-order valence-electron chi connectivity index (χ1n) is 14.7. The molecule has 0 radical (unpaired) electrons. The molecule has 3 heterocycles. The summed E-state index contributed by atoms with van der Waals surface area (Å²) in [6, 6.07) is 14.8. The Morgan fingerprint density at radius 2 is 1.96 bits per heavy atom. The van der Waals surface area contributed by atoms with Gasteiger partial charge in [-0.05, 0) is 68.0 Å². The van der Waals surface area contributed by atoms with Crippen LogP contribution in [0.2, 0.25) is 0 Å². The number of aliphatic carboxylic acids is 1. The maximum absolute atomic E-state index is 15.4. The molecule has 1 amide bonds. The van der Waals surface area contributed by atoms with Gasteiger partial charge in [0.15, 0.2) is 11.6 Å². The summed E-state index contributed by atoms with van der Waals surface area (Å²) in [7, 11) is 0. The van der Waals surface area contributed by atoms with Crippen molar-refractivity contribution in [1.29, 1.82) is 0 Å². The summed E-state index contributed by atoms with van der Waals surface area (Å²) < 4.78 is 42.2. The van der Waals surface area contributed by atoms with E-state index in [1.165, 1.54) is 24.3 Å². The van der Waals surface area contributed by atoms with E-state index in [9.17, 15) is 9.59 Å². The van der Waals surface area contributed by atoms with Gasteiger partial charge in [0, 0.05) is 53.6 Å². The fourth-order valence-electron chi connectivity index (χ4n) is 5.73. The first-order chi connectivity index (χ1) is 21.7. The number of hydrogen-bond acceptors (Lipinski definition) is 5. The topological polar surface area (TPSA) is 129 Å². The number of aromatic nitrogens is 3. The Morgan fingerprint density at radius 3 is 2.80 bits per heavy atom. The van der Waals surface area contributed by atoms with E-state index in [0.29, 0.717) is 42.5 Å². The molecule has 0 saturated carbocycles. The van der Waals surface area contributed by atoms with Crippen molar-refractivity contribution in [2.24, 2.45) is 0 Å². The van der Waals surface area contributed by atoms with Gasteiger partial charge in [0.1, 0.15) is 17.4 Å². The van der Waals surface area contributed by atoms with Crippen molar-refractivity contribution in [3.05, 3.63) is 101 Å². The Kier molecular flexibility index (Phi) is 8.25. The monoisotopic (exact) mass is 614 g/mol. The maximum atomic E-state index is 15.4. The fraction of sp³-hybridized carbons (Fsp3) is 0.265. The number of aromatic amines is 2. The van der Waals surface area contributed by atoms with Crippen LogP contribution in [-0.4, -0.2) is 45.3 Å². The predicted molar refractivity (Wildman–Crippen MR) is 163 cm³/mol. The van der Waals surface area contributed by atoms with Gasteiger partial charge in [-0.3, -0.25) is 4.79 Å². The normalized spacial score (nSPS) is 17.4. The number of carboxylic acid groups (broad SMARTS) is 1. The number of aryl methyl sites for hydroxylation is 2. The van der Waals surface area contributed by atoms with Crippen molar-refractivity contribution in [3.8, 4) is 22.9 Å². The summed E-state index contributed by atoms with van der Waals surface area (Å²) in [4.78, 5) is 34.7. The van der Waals surface area contributed by atoms with Crippen molar-refractivity contribution in [2.75, 3.05) is 13.2 Å². The number of nitrogens with zero attached hydrogens (tertiary/aromatic N) is 1. The highest BCUT2D eigenvalue weighted by atomic mass is 19.1. The number of carbonyl (C=O) groups excluding carboxylic acids is 1. The molecule has 0 fully saturated rings. The number of carboxylic acids is 1. The van der Waals surface area contributed by atoms with Crippen LogP contribution in [0.5, 0.6) is 11.5 Å². The molecule has 4 bridgehead atoms. The number of ether oxygens (including phenoxy) is 2.